The SMILES string of the molecule is CCC(CCc1ccnn1C)CNCC(C)C. The Labute approximate surface area is 106 Å². The van der Waals surface area contributed by atoms with Crippen LogP contribution >= 0.6 is 0 Å². The van der Waals surface area contributed by atoms with E-state index in [1.54, 1.807) is 0 Å². The first kappa shape index (κ1) is 14.2. The Morgan fingerprint density at radius 3 is 2.65 bits per heavy atom. The van der Waals surface area contributed by atoms with E-state index in [9.17, 15) is 0 Å². The maximum absolute atomic E-state index is 4.21. The van der Waals surface area contributed by atoms with Crippen molar-refractivity contribution in [2.24, 2.45) is 18.9 Å². The molecule has 0 saturated heterocycles. The molecule has 0 aliphatic heterocycles. The summed E-state index contributed by atoms with van der Waals surface area (Å²) in [4.78, 5) is 0. The Morgan fingerprint density at radius 1 is 1.35 bits per heavy atom. The average Bonchev–Trinajstić information content (AvgIpc) is 2.68. The van der Waals surface area contributed by atoms with Crippen LogP contribution in [0.2, 0.25) is 0 Å². The summed E-state index contributed by atoms with van der Waals surface area (Å²) in [6.45, 7) is 9.06. The van der Waals surface area contributed by atoms with Gasteiger partial charge < -0.3 is 5.32 Å². The quantitative estimate of drug-likeness (QED) is 0.753. The second-order valence-electron chi connectivity index (χ2n) is 5.31. The molecule has 17 heavy (non-hydrogen) atoms. The fourth-order valence-electron chi connectivity index (χ4n) is 2.03. The molecule has 1 heterocycles. The molecule has 0 radical (unpaired) electrons. The standard InChI is InChI=1S/C14H27N3/c1-5-13(11-15-10-12(2)3)6-7-14-8-9-16-17(14)4/h8-9,12-13,15H,5-7,10-11H2,1-4H3. The van der Waals surface area contributed by atoms with Gasteiger partial charge in [0.1, 0.15) is 0 Å². The molecule has 0 aliphatic rings. The minimum Gasteiger partial charge on any atom is -0.316 e. The van der Waals surface area contributed by atoms with Crippen molar-refractivity contribution < 1.29 is 0 Å². The number of rotatable bonds is 8. The zero-order valence-electron chi connectivity index (χ0n) is 11.7. The van der Waals surface area contributed by atoms with Crippen molar-refractivity contribution in [1.82, 2.24) is 15.1 Å². The van der Waals surface area contributed by atoms with Crippen LogP contribution in [0.4, 0.5) is 0 Å². The third-order valence-corrected chi connectivity index (χ3v) is 3.29. The van der Waals surface area contributed by atoms with Gasteiger partial charge >= 0.3 is 0 Å². The second-order valence-corrected chi connectivity index (χ2v) is 5.31. The Morgan fingerprint density at radius 2 is 2.12 bits per heavy atom. The molecule has 0 bridgehead atoms. The number of hydrogen-bond donors (Lipinski definition) is 1. The Bertz CT molecular complexity index is 304. The van der Waals surface area contributed by atoms with Gasteiger partial charge in [0.15, 0.2) is 0 Å². The van der Waals surface area contributed by atoms with Crippen LogP contribution in [-0.4, -0.2) is 22.9 Å². The van der Waals surface area contributed by atoms with E-state index >= 15 is 0 Å². The van der Waals surface area contributed by atoms with Crippen molar-refractivity contribution in [1.29, 1.82) is 0 Å². The first-order chi connectivity index (χ1) is 8.13. The lowest BCUT2D eigenvalue weighted by Gasteiger charge is -2.16. The summed E-state index contributed by atoms with van der Waals surface area (Å²) < 4.78 is 1.98. The molecule has 0 aliphatic carbocycles. The molecule has 98 valence electrons. The lowest BCUT2D eigenvalue weighted by atomic mass is 9.99. The molecule has 1 rings (SSSR count). The first-order valence-electron chi connectivity index (χ1n) is 6.81. The van der Waals surface area contributed by atoms with Crippen LogP contribution in [0.15, 0.2) is 12.3 Å². The van der Waals surface area contributed by atoms with Gasteiger partial charge in [0.2, 0.25) is 0 Å². The van der Waals surface area contributed by atoms with Gasteiger partial charge in [-0.2, -0.15) is 5.10 Å². The summed E-state index contributed by atoms with van der Waals surface area (Å²) in [6, 6.07) is 2.12. The molecule has 1 N–H and O–H groups in total. The van der Waals surface area contributed by atoms with Crippen LogP contribution in [0.1, 0.15) is 39.3 Å². The fraction of sp³-hybridized carbons (Fsp3) is 0.786. The van der Waals surface area contributed by atoms with Gasteiger partial charge in [-0.15, -0.1) is 0 Å². The Hall–Kier alpha value is -0.830. The second kappa shape index (κ2) is 7.49. The number of hydrogen-bond acceptors (Lipinski definition) is 2. The summed E-state index contributed by atoms with van der Waals surface area (Å²) in [5.41, 5.74) is 1.34. The van der Waals surface area contributed by atoms with E-state index in [4.69, 9.17) is 0 Å². The van der Waals surface area contributed by atoms with Gasteiger partial charge in [0.05, 0.1) is 0 Å². The van der Waals surface area contributed by atoms with E-state index in [1.165, 1.54) is 18.5 Å². The third kappa shape index (κ3) is 5.35. The van der Waals surface area contributed by atoms with Crippen molar-refractivity contribution in [3.8, 4) is 0 Å². The van der Waals surface area contributed by atoms with Gasteiger partial charge in [-0.25, -0.2) is 0 Å². The molecule has 0 aromatic carbocycles. The monoisotopic (exact) mass is 237 g/mol. The fourth-order valence-corrected chi connectivity index (χ4v) is 2.03. The van der Waals surface area contributed by atoms with E-state index in [1.807, 2.05) is 17.9 Å². The van der Waals surface area contributed by atoms with Gasteiger partial charge in [-0.3, -0.25) is 4.68 Å². The molecular formula is C14H27N3. The molecule has 1 aromatic rings. The first-order valence-corrected chi connectivity index (χ1v) is 6.81. The highest BCUT2D eigenvalue weighted by Crippen LogP contribution is 2.12. The smallest absolute Gasteiger partial charge is 0.0492 e. The molecule has 0 saturated carbocycles. The van der Waals surface area contributed by atoms with E-state index in [-0.39, 0.29) is 0 Å². The van der Waals surface area contributed by atoms with Crippen LogP contribution < -0.4 is 5.32 Å². The van der Waals surface area contributed by atoms with Crippen LogP contribution in [-0.2, 0) is 13.5 Å². The number of aromatic nitrogens is 2. The molecule has 0 amide bonds. The largest absolute Gasteiger partial charge is 0.316 e. The third-order valence-electron chi connectivity index (χ3n) is 3.29. The normalized spacial score (nSPS) is 13.2. The Kier molecular flexibility index (Phi) is 6.27. The number of aryl methyl sites for hydroxylation is 2. The van der Waals surface area contributed by atoms with E-state index < -0.39 is 0 Å². The molecule has 0 fully saturated rings. The van der Waals surface area contributed by atoms with Crippen LogP contribution in [0.5, 0.6) is 0 Å². The molecule has 3 heteroatoms. The molecule has 0 spiro atoms. The Balaban J connectivity index is 2.25. The van der Waals surface area contributed by atoms with Crippen molar-refractivity contribution >= 4 is 0 Å². The van der Waals surface area contributed by atoms with Crippen molar-refractivity contribution in [3.05, 3.63) is 18.0 Å². The van der Waals surface area contributed by atoms with E-state index in [0.717, 1.165) is 31.3 Å². The summed E-state index contributed by atoms with van der Waals surface area (Å²) in [5, 5.41) is 7.76. The number of nitrogens with one attached hydrogen (secondary N) is 1. The highest BCUT2D eigenvalue weighted by Gasteiger charge is 2.08. The lowest BCUT2D eigenvalue weighted by Crippen LogP contribution is -2.26. The summed E-state index contributed by atoms with van der Waals surface area (Å²) in [5.74, 6) is 1.52. The predicted molar refractivity (Wildman–Crippen MR) is 73.0 cm³/mol. The zero-order chi connectivity index (χ0) is 12.7. The topological polar surface area (TPSA) is 29.9 Å². The maximum atomic E-state index is 4.21. The highest BCUT2D eigenvalue weighted by atomic mass is 15.2. The molecule has 1 aromatic heterocycles. The predicted octanol–water partition coefficient (Wildman–Crippen LogP) is 2.62. The van der Waals surface area contributed by atoms with Crippen molar-refractivity contribution in [2.45, 2.75) is 40.0 Å². The van der Waals surface area contributed by atoms with Gasteiger partial charge in [-0.1, -0.05) is 27.2 Å². The minimum atomic E-state index is 0.740. The van der Waals surface area contributed by atoms with Crippen LogP contribution in [0, 0.1) is 11.8 Å². The van der Waals surface area contributed by atoms with E-state index in [0.29, 0.717) is 0 Å². The minimum absolute atomic E-state index is 0.740. The van der Waals surface area contributed by atoms with E-state index in [2.05, 4.69) is 37.3 Å². The van der Waals surface area contributed by atoms with Gasteiger partial charge in [0.25, 0.3) is 0 Å². The molecule has 1 unspecified atom stereocenters. The van der Waals surface area contributed by atoms with Crippen LogP contribution in [0.25, 0.3) is 0 Å². The van der Waals surface area contributed by atoms with Crippen molar-refractivity contribution in [2.75, 3.05) is 13.1 Å². The maximum Gasteiger partial charge on any atom is 0.0492 e. The number of nitrogens with zero attached hydrogens (tertiary/aromatic N) is 2. The van der Waals surface area contributed by atoms with Gasteiger partial charge in [0, 0.05) is 18.9 Å². The van der Waals surface area contributed by atoms with Gasteiger partial charge in [-0.05, 0) is 43.8 Å². The molecular weight excluding hydrogens is 210 g/mol. The average molecular weight is 237 g/mol. The lowest BCUT2D eigenvalue weighted by molar-refractivity contribution is 0.413. The summed E-state index contributed by atoms with van der Waals surface area (Å²) >= 11 is 0. The highest BCUT2D eigenvalue weighted by molar-refractivity contribution is 5.00. The van der Waals surface area contributed by atoms with Crippen LogP contribution in [0.3, 0.4) is 0 Å². The summed E-state index contributed by atoms with van der Waals surface area (Å²) in [6.07, 6.45) is 5.52. The molecule has 3 nitrogen and oxygen atoms in total. The zero-order valence-corrected chi connectivity index (χ0v) is 11.7. The summed E-state index contributed by atoms with van der Waals surface area (Å²) in [7, 11) is 2.02. The molecule has 1 atom stereocenters. The van der Waals surface area contributed by atoms with Crippen molar-refractivity contribution in [3.63, 3.8) is 0 Å².